The second-order valence-electron chi connectivity index (χ2n) is 6.25. The van der Waals surface area contributed by atoms with Crippen LogP contribution in [0.5, 0.6) is 0 Å². The predicted octanol–water partition coefficient (Wildman–Crippen LogP) is 2.22. The summed E-state index contributed by atoms with van der Waals surface area (Å²) in [5.41, 5.74) is 1.81. The van der Waals surface area contributed by atoms with Gasteiger partial charge in [-0.25, -0.2) is 14.8 Å². The van der Waals surface area contributed by atoms with Crippen LogP contribution in [0.4, 0.5) is 11.8 Å². The minimum Gasteiger partial charge on any atom is -0.477 e. The van der Waals surface area contributed by atoms with Crippen LogP contribution >= 0.6 is 11.6 Å². The number of carboxylic acids is 1. The van der Waals surface area contributed by atoms with E-state index in [0.29, 0.717) is 33.2 Å². The Morgan fingerprint density at radius 1 is 1.34 bits per heavy atom. The van der Waals surface area contributed by atoms with Crippen LogP contribution in [0, 0.1) is 0 Å². The van der Waals surface area contributed by atoms with Gasteiger partial charge in [0.05, 0.1) is 29.7 Å². The third-order valence-corrected chi connectivity index (χ3v) is 4.62. The van der Waals surface area contributed by atoms with Crippen molar-refractivity contribution in [1.82, 2.24) is 29.9 Å². The number of aromatic nitrogens is 5. The molecule has 0 spiro atoms. The average Bonchev–Trinajstić information content (AvgIpc) is 3.25. The maximum absolute atomic E-state index is 12.6. The van der Waals surface area contributed by atoms with Gasteiger partial charge in [-0.2, -0.15) is 9.90 Å². The Labute approximate surface area is 169 Å². The number of fused-ring (bicyclic) bond motifs is 1. The molecule has 0 saturated carbocycles. The van der Waals surface area contributed by atoms with Gasteiger partial charge in [0.1, 0.15) is 5.70 Å². The van der Waals surface area contributed by atoms with Crippen LogP contribution in [0.3, 0.4) is 0 Å². The van der Waals surface area contributed by atoms with Gasteiger partial charge in [0.25, 0.3) is 5.91 Å². The van der Waals surface area contributed by atoms with Gasteiger partial charge in [-0.3, -0.25) is 9.69 Å². The molecule has 146 valence electrons. The van der Waals surface area contributed by atoms with Gasteiger partial charge in [-0.1, -0.05) is 30.3 Å². The fraction of sp³-hybridized carbons (Fsp3) is 0.111. The summed E-state index contributed by atoms with van der Waals surface area (Å²) in [6, 6.07) is 5.14. The molecule has 0 unspecified atom stereocenters. The lowest BCUT2D eigenvalue weighted by Gasteiger charge is -2.14. The van der Waals surface area contributed by atoms with Gasteiger partial charge < -0.3 is 10.4 Å². The van der Waals surface area contributed by atoms with E-state index in [1.54, 1.807) is 25.2 Å². The molecule has 10 nitrogen and oxygen atoms in total. The predicted molar refractivity (Wildman–Crippen MR) is 103 cm³/mol. The molecule has 3 heterocycles. The summed E-state index contributed by atoms with van der Waals surface area (Å²) in [6.45, 7) is 3.61. The molecular weight excluding hydrogens is 398 g/mol. The summed E-state index contributed by atoms with van der Waals surface area (Å²) in [5.74, 6) is -0.951. The van der Waals surface area contributed by atoms with E-state index in [1.807, 2.05) is 0 Å². The molecule has 0 saturated heterocycles. The standard InChI is InChI=1S/C18H14ClN7O3/c1-9(17(28)29)26-8-11-4-3-10(5-12(11)16(26)27)15-13(19)6-20-18(23-15)22-14-7-21-25(2)24-14/h3-7H,1,8H2,2H3,(H,28,29)(H,20,22,23,24). The maximum atomic E-state index is 12.6. The zero-order valence-electron chi connectivity index (χ0n) is 15.1. The molecule has 2 aromatic heterocycles. The van der Waals surface area contributed by atoms with E-state index < -0.39 is 11.9 Å². The number of aliphatic carboxylic acids is 1. The number of nitrogens with one attached hydrogen (secondary N) is 1. The number of anilines is 2. The molecule has 0 atom stereocenters. The Bertz CT molecular complexity index is 1170. The van der Waals surface area contributed by atoms with Gasteiger partial charge in [0.2, 0.25) is 5.95 Å². The number of carboxylic acid groups (broad SMARTS) is 1. The van der Waals surface area contributed by atoms with Crippen LogP contribution in [0.25, 0.3) is 11.3 Å². The molecule has 11 heteroatoms. The van der Waals surface area contributed by atoms with Gasteiger partial charge in [0, 0.05) is 18.2 Å². The minimum atomic E-state index is -1.25. The third kappa shape index (κ3) is 3.41. The summed E-state index contributed by atoms with van der Waals surface area (Å²) >= 11 is 6.27. The molecule has 0 bridgehead atoms. The molecule has 2 N–H and O–H groups in total. The van der Waals surface area contributed by atoms with E-state index in [9.17, 15) is 9.59 Å². The second kappa shape index (κ2) is 6.99. The lowest BCUT2D eigenvalue weighted by molar-refractivity contribution is -0.134. The lowest BCUT2D eigenvalue weighted by atomic mass is 10.0. The molecule has 1 aliphatic rings. The topological polar surface area (TPSA) is 126 Å². The molecule has 1 aliphatic heterocycles. The van der Waals surface area contributed by atoms with E-state index in [1.165, 1.54) is 17.2 Å². The van der Waals surface area contributed by atoms with Crippen LogP contribution in [-0.4, -0.2) is 46.8 Å². The van der Waals surface area contributed by atoms with Crippen molar-refractivity contribution in [2.45, 2.75) is 6.54 Å². The van der Waals surface area contributed by atoms with Crippen molar-refractivity contribution >= 4 is 35.2 Å². The Hall–Kier alpha value is -3.79. The van der Waals surface area contributed by atoms with Gasteiger partial charge in [-0.05, 0) is 11.6 Å². The fourth-order valence-electron chi connectivity index (χ4n) is 2.93. The fourth-order valence-corrected chi connectivity index (χ4v) is 3.13. The Morgan fingerprint density at radius 2 is 2.14 bits per heavy atom. The number of nitrogens with zero attached hydrogens (tertiary/aromatic N) is 6. The molecule has 1 amide bonds. The molecule has 1 aromatic carbocycles. The van der Waals surface area contributed by atoms with Gasteiger partial charge >= 0.3 is 5.97 Å². The first-order valence-electron chi connectivity index (χ1n) is 8.36. The first-order valence-corrected chi connectivity index (χ1v) is 8.74. The van der Waals surface area contributed by atoms with Crippen LogP contribution in [-0.2, 0) is 18.4 Å². The molecule has 3 aromatic rings. The van der Waals surface area contributed by atoms with Crippen molar-refractivity contribution in [3.8, 4) is 11.3 Å². The smallest absolute Gasteiger partial charge is 0.351 e. The zero-order valence-corrected chi connectivity index (χ0v) is 15.9. The molecular formula is C18H14ClN7O3. The van der Waals surface area contributed by atoms with E-state index in [4.69, 9.17) is 16.7 Å². The summed E-state index contributed by atoms with van der Waals surface area (Å²) < 4.78 is 0. The van der Waals surface area contributed by atoms with E-state index in [2.05, 4.69) is 32.1 Å². The quantitative estimate of drug-likeness (QED) is 0.612. The summed E-state index contributed by atoms with van der Waals surface area (Å²) in [6.07, 6.45) is 2.96. The van der Waals surface area contributed by atoms with E-state index in [-0.39, 0.29) is 18.2 Å². The normalized spacial score (nSPS) is 12.8. The van der Waals surface area contributed by atoms with Gasteiger partial charge in [-0.15, -0.1) is 5.10 Å². The first kappa shape index (κ1) is 18.6. The Morgan fingerprint density at radius 3 is 2.83 bits per heavy atom. The van der Waals surface area contributed by atoms with Crippen molar-refractivity contribution in [2.75, 3.05) is 5.32 Å². The van der Waals surface area contributed by atoms with Crippen LogP contribution in [0.1, 0.15) is 15.9 Å². The van der Waals surface area contributed by atoms with Crippen molar-refractivity contribution in [2.24, 2.45) is 7.05 Å². The second-order valence-corrected chi connectivity index (χ2v) is 6.66. The minimum absolute atomic E-state index is 0.149. The highest BCUT2D eigenvalue weighted by atomic mass is 35.5. The highest BCUT2D eigenvalue weighted by molar-refractivity contribution is 6.33. The number of benzene rings is 1. The third-order valence-electron chi connectivity index (χ3n) is 4.34. The Kier molecular flexibility index (Phi) is 4.47. The van der Waals surface area contributed by atoms with Crippen molar-refractivity contribution in [1.29, 1.82) is 0 Å². The van der Waals surface area contributed by atoms with Crippen LogP contribution in [0.2, 0.25) is 5.02 Å². The summed E-state index contributed by atoms with van der Waals surface area (Å²) in [4.78, 5) is 34.8. The number of halogens is 1. The first-order chi connectivity index (χ1) is 13.8. The number of carbonyl (C=O) groups excluding carboxylic acids is 1. The number of hydrogen-bond acceptors (Lipinski definition) is 7. The molecule has 0 fully saturated rings. The average molecular weight is 412 g/mol. The number of aryl methyl sites for hydroxylation is 1. The summed E-state index contributed by atoms with van der Waals surface area (Å²) in [5, 5.41) is 20.4. The van der Waals surface area contributed by atoms with Crippen LogP contribution < -0.4 is 5.32 Å². The number of amides is 1. The van der Waals surface area contributed by atoms with Crippen LogP contribution in [0.15, 0.2) is 42.9 Å². The van der Waals surface area contributed by atoms with Crippen molar-refractivity contribution < 1.29 is 14.7 Å². The lowest BCUT2D eigenvalue weighted by Crippen LogP contribution is -2.27. The molecule has 29 heavy (non-hydrogen) atoms. The van der Waals surface area contributed by atoms with E-state index in [0.717, 1.165) is 4.90 Å². The molecule has 0 radical (unpaired) electrons. The number of hydrogen-bond donors (Lipinski definition) is 2. The van der Waals surface area contributed by atoms with Crippen molar-refractivity contribution in [3.63, 3.8) is 0 Å². The monoisotopic (exact) mass is 411 g/mol. The summed E-state index contributed by atoms with van der Waals surface area (Å²) in [7, 11) is 1.68. The van der Waals surface area contributed by atoms with E-state index >= 15 is 0 Å². The highest BCUT2D eigenvalue weighted by Gasteiger charge is 2.32. The van der Waals surface area contributed by atoms with Gasteiger partial charge in [0.15, 0.2) is 5.82 Å². The largest absolute Gasteiger partial charge is 0.477 e. The molecule has 4 rings (SSSR count). The number of carbonyl (C=O) groups is 2. The highest BCUT2D eigenvalue weighted by Crippen LogP contribution is 2.32. The Balaban J connectivity index is 1.67. The number of rotatable bonds is 5. The SMILES string of the molecule is C=C(C(=O)O)N1Cc2ccc(-c3nc(Nc4cnn(C)n4)ncc3Cl)cc2C1=O. The maximum Gasteiger partial charge on any atom is 0.351 e. The molecule has 0 aliphatic carbocycles. The zero-order chi connectivity index (χ0) is 20.7. The van der Waals surface area contributed by atoms with Crippen molar-refractivity contribution in [3.05, 3.63) is 59.0 Å².